The molecule has 2 N–H and O–H groups in total. The average Bonchev–Trinajstić information content (AvgIpc) is 2.81. The Morgan fingerprint density at radius 1 is 1.07 bits per heavy atom. The number of amides is 1. The van der Waals surface area contributed by atoms with Crippen molar-refractivity contribution in [3.05, 3.63) is 66.4 Å². The van der Waals surface area contributed by atoms with Crippen molar-refractivity contribution in [1.29, 1.82) is 0 Å². The zero-order valence-corrected chi connectivity index (χ0v) is 17.0. The van der Waals surface area contributed by atoms with Gasteiger partial charge in [-0.3, -0.25) is 24.5 Å². The van der Waals surface area contributed by atoms with Crippen LogP contribution in [0.4, 0.5) is 5.69 Å². The Kier molecular flexibility index (Phi) is 6.18. The van der Waals surface area contributed by atoms with E-state index in [1.807, 2.05) is 18.2 Å². The zero-order valence-electron chi connectivity index (χ0n) is 17.0. The number of ketones is 1. The molecule has 1 atom stereocenters. The Hall–Kier alpha value is -3.06. The van der Waals surface area contributed by atoms with Crippen molar-refractivity contribution in [1.82, 2.24) is 19.8 Å². The van der Waals surface area contributed by atoms with E-state index >= 15 is 0 Å². The van der Waals surface area contributed by atoms with Crippen molar-refractivity contribution in [2.75, 3.05) is 25.4 Å². The fraction of sp³-hybridized carbons (Fsp3) is 0.391. The monoisotopic (exact) mass is 405 g/mol. The molecule has 0 spiro atoms. The number of hydrogen-bond acceptors (Lipinski definition) is 6. The van der Waals surface area contributed by atoms with E-state index in [0.29, 0.717) is 24.3 Å². The molecule has 7 heteroatoms. The molecule has 1 unspecified atom stereocenters. The van der Waals surface area contributed by atoms with Crippen LogP contribution < -0.4 is 5.73 Å². The first-order chi connectivity index (χ1) is 14.6. The van der Waals surface area contributed by atoms with Crippen molar-refractivity contribution in [3.63, 3.8) is 0 Å². The quantitative estimate of drug-likeness (QED) is 0.769. The Morgan fingerprint density at radius 3 is 2.57 bits per heavy atom. The molecule has 30 heavy (non-hydrogen) atoms. The van der Waals surface area contributed by atoms with Gasteiger partial charge >= 0.3 is 0 Å². The van der Waals surface area contributed by atoms with Gasteiger partial charge in [-0.25, -0.2) is 0 Å². The van der Waals surface area contributed by atoms with E-state index in [9.17, 15) is 9.59 Å². The molecule has 4 rings (SSSR count). The summed E-state index contributed by atoms with van der Waals surface area (Å²) in [6, 6.07) is 7.30. The summed E-state index contributed by atoms with van der Waals surface area (Å²) < 4.78 is 0. The number of carbonyl (C=O) groups is 2. The van der Waals surface area contributed by atoms with E-state index in [4.69, 9.17) is 5.73 Å². The molecule has 1 saturated heterocycles. The summed E-state index contributed by atoms with van der Waals surface area (Å²) in [5.41, 5.74) is 8.27. The van der Waals surface area contributed by atoms with Gasteiger partial charge in [0.15, 0.2) is 5.78 Å². The van der Waals surface area contributed by atoms with Gasteiger partial charge < -0.3 is 10.6 Å². The lowest BCUT2D eigenvalue weighted by atomic mass is 9.92. The molecule has 0 aromatic carbocycles. The number of allylic oxidation sites excluding steroid dienone is 1. The lowest BCUT2D eigenvalue weighted by Crippen LogP contribution is -2.42. The molecule has 0 saturated carbocycles. The normalized spacial score (nSPS) is 20.3. The van der Waals surface area contributed by atoms with E-state index < -0.39 is 0 Å². The number of aromatic nitrogens is 2. The van der Waals surface area contributed by atoms with Gasteiger partial charge in [-0.15, -0.1) is 0 Å². The van der Waals surface area contributed by atoms with E-state index in [1.54, 1.807) is 41.8 Å². The molecule has 0 aliphatic carbocycles. The molecule has 4 heterocycles. The van der Waals surface area contributed by atoms with Gasteiger partial charge in [0.2, 0.25) is 5.91 Å². The minimum absolute atomic E-state index is 0.0163. The van der Waals surface area contributed by atoms with Crippen molar-refractivity contribution in [3.8, 4) is 0 Å². The third kappa shape index (κ3) is 4.57. The number of carbonyl (C=O) groups excluding carboxylic acids is 2. The highest BCUT2D eigenvalue weighted by Gasteiger charge is 2.30. The van der Waals surface area contributed by atoms with E-state index in [1.165, 1.54) is 0 Å². The summed E-state index contributed by atoms with van der Waals surface area (Å²) in [5.74, 6) is 0.000971. The van der Waals surface area contributed by atoms with Gasteiger partial charge in [0.1, 0.15) is 5.69 Å². The molecular weight excluding hydrogens is 378 g/mol. The molecule has 0 bridgehead atoms. The molecule has 2 aromatic heterocycles. The molecular formula is C23H27N5O2. The second-order valence-electron chi connectivity index (χ2n) is 7.97. The Labute approximate surface area is 176 Å². The minimum Gasteiger partial charge on any atom is -0.397 e. The lowest BCUT2D eigenvalue weighted by molar-refractivity contribution is -0.134. The Morgan fingerprint density at radius 2 is 1.90 bits per heavy atom. The average molecular weight is 406 g/mol. The van der Waals surface area contributed by atoms with Crippen LogP contribution in [0.25, 0.3) is 0 Å². The predicted octanol–water partition coefficient (Wildman–Crippen LogP) is 2.52. The number of nitrogen functional groups attached to an aromatic ring is 1. The number of pyridine rings is 2. The molecule has 2 aliphatic heterocycles. The van der Waals surface area contributed by atoms with Gasteiger partial charge in [0.25, 0.3) is 0 Å². The first-order valence-corrected chi connectivity index (χ1v) is 10.5. The number of Topliss-reactive ketones (excluding diaryl/α,β-unsaturated/α-hetero) is 1. The number of piperidine rings is 1. The highest BCUT2D eigenvalue weighted by molar-refractivity contribution is 5.97. The molecule has 1 fully saturated rings. The van der Waals surface area contributed by atoms with Crippen LogP contribution in [0.2, 0.25) is 0 Å². The van der Waals surface area contributed by atoms with Crippen LogP contribution in [0.3, 0.4) is 0 Å². The van der Waals surface area contributed by atoms with Gasteiger partial charge in [0.05, 0.1) is 11.9 Å². The number of anilines is 1. The minimum atomic E-state index is -0.211. The van der Waals surface area contributed by atoms with Gasteiger partial charge in [0, 0.05) is 43.5 Å². The molecule has 156 valence electrons. The maximum Gasteiger partial charge on any atom is 0.229 e. The smallest absolute Gasteiger partial charge is 0.229 e. The summed E-state index contributed by atoms with van der Waals surface area (Å²) in [6.45, 7) is 3.11. The SMILES string of the molecule is Nc1cnccc1CN1CCC(C(=O)N2C=CC(C(=O)c3ccccn3)CC2)CC1. The second-order valence-corrected chi connectivity index (χ2v) is 7.97. The van der Waals surface area contributed by atoms with E-state index in [2.05, 4.69) is 14.9 Å². The lowest BCUT2D eigenvalue weighted by Gasteiger charge is -2.34. The number of hydrogen-bond donors (Lipinski definition) is 1. The summed E-state index contributed by atoms with van der Waals surface area (Å²) in [7, 11) is 0. The molecule has 1 amide bonds. The number of likely N-dealkylation sites (tertiary alicyclic amines) is 1. The van der Waals surface area contributed by atoms with Gasteiger partial charge in [-0.1, -0.05) is 12.1 Å². The molecule has 7 nitrogen and oxygen atoms in total. The summed E-state index contributed by atoms with van der Waals surface area (Å²) in [5, 5.41) is 0. The van der Waals surface area contributed by atoms with Crippen molar-refractivity contribution >= 4 is 17.4 Å². The highest BCUT2D eigenvalue weighted by atomic mass is 16.2. The maximum atomic E-state index is 12.9. The highest BCUT2D eigenvalue weighted by Crippen LogP contribution is 2.25. The standard InChI is InChI=1S/C23H27N5O2/c24-20-15-25-10-4-19(20)16-27-11-5-18(6-12-27)23(30)28-13-7-17(8-14-28)22(29)21-3-1-2-9-26-21/h1-4,7,9-10,13,15,17-18H,5-6,8,11-12,14,16,24H2. The Balaban J connectivity index is 1.29. The second kappa shape index (κ2) is 9.17. The van der Waals surface area contributed by atoms with Crippen LogP contribution in [0.5, 0.6) is 0 Å². The fourth-order valence-corrected chi connectivity index (χ4v) is 4.15. The summed E-state index contributed by atoms with van der Waals surface area (Å²) >= 11 is 0. The van der Waals surface area contributed by atoms with Gasteiger partial charge in [-0.2, -0.15) is 0 Å². The molecule has 2 aliphatic rings. The fourth-order valence-electron chi connectivity index (χ4n) is 4.15. The summed E-state index contributed by atoms with van der Waals surface area (Å²) in [4.78, 5) is 37.8. The molecule has 0 radical (unpaired) electrons. The molecule has 2 aromatic rings. The third-order valence-electron chi connectivity index (χ3n) is 5.99. The predicted molar refractivity (Wildman–Crippen MR) is 114 cm³/mol. The Bertz CT molecular complexity index is 922. The van der Waals surface area contributed by atoms with E-state index in [0.717, 1.165) is 38.0 Å². The van der Waals surface area contributed by atoms with Crippen LogP contribution >= 0.6 is 0 Å². The number of rotatable bonds is 5. The number of nitrogens with two attached hydrogens (primary N) is 1. The van der Waals surface area contributed by atoms with Crippen LogP contribution in [0, 0.1) is 11.8 Å². The first kappa shape index (κ1) is 20.2. The largest absolute Gasteiger partial charge is 0.397 e. The van der Waals surface area contributed by atoms with Crippen LogP contribution in [0.1, 0.15) is 35.3 Å². The topological polar surface area (TPSA) is 92.4 Å². The van der Waals surface area contributed by atoms with Crippen molar-refractivity contribution in [2.24, 2.45) is 11.8 Å². The van der Waals surface area contributed by atoms with Crippen LogP contribution in [-0.4, -0.2) is 51.1 Å². The van der Waals surface area contributed by atoms with E-state index in [-0.39, 0.29) is 23.5 Å². The third-order valence-corrected chi connectivity index (χ3v) is 5.99. The first-order valence-electron chi connectivity index (χ1n) is 10.5. The van der Waals surface area contributed by atoms with Crippen LogP contribution in [-0.2, 0) is 11.3 Å². The number of nitrogens with zero attached hydrogens (tertiary/aromatic N) is 4. The van der Waals surface area contributed by atoms with Crippen molar-refractivity contribution in [2.45, 2.75) is 25.8 Å². The zero-order chi connectivity index (χ0) is 20.9. The van der Waals surface area contributed by atoms with Gasteiger partial charge in [-0.05, 0) is 56.1 Å². The summed E-state index contributed by atoms with van der Waals surface area (Å²) in [6.07, 6.45) is 11.0. The maximum absolute atomic E-state index is 12.9. The van der Waals surface area contributed by atoms with Crippen molar-refractivity contribution < 1.29 is 9.59 Å². The van der Waals surface area contributed by atoms with Crippen LogP contribution in [0.15, 0.2) is 55.1 Å².